The summed E-state index contributed by atoms with van der Waals surface area (Å²) < 4.78 is 5.80. The second-order valence-electron chi connectivity index (χ2n) is 4.82. The summed E-state index contributed by atoms with van der Waals surface area (Å²) in [4.78, 5) is 0. The van der Waals surface area contributed by atoms with Crippen molar-refractivity contribution >= 4 is 0 Å². The highest BCUT2D eigenvalue weighted by molar-refractivity contribution is 5.42. The number of hydrogen-bond donors (Lipinski definition) is 1. The lowest BCUT2D eigenvalue weighted by Gasteiger charge is -2.30. The molecule has 0 heterocycles. The van der Waals surface area contributed by atoms with Gasteiger partial charge in [0.25, 0.3) is 0 Å². The first-order valence-electron chi connectivity index (χ1n) is 5.35. The monoisotopic (exact) mass is 218 g/mol. The Balaban J connectivity index is 2.91. The molecule has 0 aliphatic rings. The van der Waals surface area contributed by atoms with Crippen molar-refractivity contribution in [2.45, 2.75) is 26.9 Å². The van der Waals surface area contributed by atoms with Crippen molar-refractivity contribution in [2.24, 2.45) is 11.1 Å². The van der Waals surface area contributed by atoms with Crippen molar-refractivity contribution in [3.8, 4) is 11.8 Å². The first-order chi connectivity index (χ1) is 7.49. The minimum Gasteiger partial charge on any atom is -0.487 e. The van der Waals surface area contributed by atoms with Gasteiger partial charge in [-0.1, -0.05) is 32.9 Å². The molecule has 16 heavy (non-hydrogen) atoms. The molecule has 3 nitrogen and oxygen atoms in total. The first-order valence-corrected chi connectivity index (χ1v) is 5.35. The second kappa shape index (κ2) is 5.00. The molecule has 0 bridgehead atoms. The largest absolute Gasteiger partial charge is 0.487 e. The number of nitriles is 1. The predicted molar refractivity (Wildman–Crippen MR) is 64.1 cm³/mol. The standard InChI is InChI=1S/C13H18N2O/c1-13(2,3)12(9-15)16-11-7-5-4-6-10(11)8-14/h4-7,12H,9,15H2,1-3H3. The van der Waals surface area contributed by atoms with Crippen LogP contribution in [0.25, 0.3) is 0 Å². The molecule has 1 atom stereocenters. The third-order valence-corrected chi connectivity index (χ3v) is 2.46. The van der Waals surface area contributed by atoms with Gasteiger partial charge in [-0.2, -0.15) is 5.26 Å². The third-order valence-electron chi connectivity index (χ3n) is 2.46. The molecule has 0 aliphatic heterocycles. The SMILES string of the molecule is CC(C)(C)C(CN)Oc1ccccc1C#N. The van der Waals surface area contributed by atoms with E-state index in [0.717, 1.165) is 0 Å². The molecule has 0 saturated carbocycles. The molecule has 2 N–H and O–H groups in total. The maximum absolute atomic E-state index is 8.95. The summed E-state index contributed by atoms with van der Waals surface area (Å²) in [5.74, 6) is 0.607. The van der Waals surface area contributed by atoms with Gasteiger partial charge in [0.2, 0.25) is 0 Å². The third kappa shape index (κ3) is 2.98. The molecule has 0 spiro atoms. The summed E-state index contributed by atoms with van der Waals surface area (Å²) in [5.41, 5.74) is 6.19. The fourth-order valence-electron chi connectivity index (χ4n) is 1.39. The average molecular weight is 218 g/mol. The molecule has 1 unspecified atom stereocenters. The fourth-order valence-corrected chi connectivity index (χ4v) is 1.39. The lowest BCUT2D eigenvalue weighted by Crippen LogP contribution is -2.38. The topological polar surface area (TPSA) is 59.0 Å². The molecular weight excluding hydrogens is 200 g/mol. The van der Waals surface area contributed by atoms with Crippen LogP contribution in [0.3, 0.4) is 0 Å². The highest BCUT2D eigenvalue weighted by Gasteiger charge is 2.25. The Morgan fingerprint density at radius 3 is 2.50 bits per heavy atom. The summed E-state index contributed by atoms with van der Waals surface area (Å²) >= 11 is 0. The van der Waals surface area contributed by atoms with E-state index in [2.05, 4.69) is 26.8 Å². The Morgan fingerprint density at radius 1 is 1.38 bits per heavy atom. The van der Waals surface area contributed by atoms with E-state index in [0.29, 0.717) is 17.9 Å². The molecule has 0 aromatic heterocycles. The summed E-state index contributed by atoms with van der Waals surface area (Å²) in [6.07, 6.45) is -0.0954. The summed E-state index contributed by atoms with van der Waals surface area (Å²) in [5, 5.41) is 8.95. The van der Waals surface area contributed by atoms with Crippen molar-refractivity contribution in [3.63, 3.8) is 0 Å². The van der Waals surface area contributed by atoms with Crippen LogP contribution in [0.2, 0.25) is 0 Å². The van der Waals surface area contributed by atoms with Crippen molar-refractivity contribution in [1.29, 1.82) is 5.26 Å². The summed E-state index contributed by atoms with van der Waals surface area (Å²) in [6.45, 7) is 6.64. The Hall–Kier alpha value is -1.53. The van der Waals surface area contributed by atoms with Gasteiger partial charge in [-0.05, 0) is 12.1 Å². The molecule has 86 valence electrons. The molecule has 1 aromatic rings. The van der Waals surface area contributed by atoms with E-state index in [1.807, 2.05) is 12.1 Å². The van der Waals surface area contributed by atoms with Gasteiger partial charge in [0.05, 0.1) is 5.56 Å². The summed E-state index contributed by atoms with van der Waals surface area (Å²) in [7, 11) is 0. The van der Waals surface area contributed by atoms with Crippen molar-refractivity contribution in [1.82, 2.24) is 0 Å². The lowest BCUT2D eigenvalue weighted by atomic mass is 9.89. The number of benzene rings is 1. The van der Waals surface area contributed by atoms with E-state index in [1.165, 1.54) is 0 Å². The van der Waals surface area contributed by atoms with Gasteiger partial charge < -0.3 is 10.5 Å². The molecule has 0 aliphatic carbocycles. The first kappa shape index (κ1) is 12.5. The van der Waals surface area contributed by atoms with Crippen LogP contribution in [0.5, 0.6) is 5.75 Å². The number of para-hydroxylation sites is 1. The Kier molecular flexibility index (Phi) is 3.92. The van der Waals surface area contributed by atoms with Crippen LogP contribution >= 0.6 is 0 Å². The van der Waals surface area contributed by atoms with Crippen molar-refractivity contribution in [2.75, 3.05) is 6.54 Å². The zero-order valence-corrected chi connectivity index (χ0v) is 10.0. The maximum Gasteiger partial charge on any atom is 0.137 e. The molecule has 1 rings (SSSR count). The molecule has 0 saturated heterocycles. The van der Waals surface area contributed by atoms with Gasteiger partial charge in [-0.25, -0.2) is 0 Å². The Bertz CT molecular complexity index is 388. The molecule has 0 radical (unpaired) electrons. The normalized spacial score (nSPS) is 12.9. The zero-order chi connectivity index (χ0) is 12.2. The van der Waals surface area contributed by atoms with Gasteiger partial charge >= 0.3 is 0 Å². The van der Waals surface area contributed by atoms with Crippen LogP contribution < -0.4 is 10.5 Å². The van der Waals surface area contributed by atoms with Crippen LogP contribution in [-0.2, 0) is 0 Å². The number of nitrogens with two attached hydrogens (primary N) is 1. The quantitative estimate of drug-likeness (QED) is 0.847. The van der Waals surface area contributed by atoms with Crippen LogP contribution in [0.15, 0.2) is 24.3 Å². The molecule has 1 aromatic carbocycles. The molecule has 0 amide bonds. The molecule has 3 heteroatoms. The van der Waals surface area contributed by atoms with Crippen LogP contribution in [0.4, 0.5) is 0 Å². The Labute approximate surface area is 96.8 Å². The van der Waals surface area contributed by atoms with E-state index in [9.17, 15) is 0 Å². The van der Waals surface area contributed by atoms with Crippen LogP contribution in [0, 0.1) is 16.7 Å². The zero-order valence-electron chi connectivity index (χ0n) is 10.0. The van der Waals surface area contributed by atoms with E-state index >= 15 is 0 Å². The Morgan fingerprint density at radius 2 is 2.00 bits per heavy atom. The highest BCUT2D eigenvalue weighted by atomic mass is 16.5. The number of hydrogen-bond acceptors (Lipinski definition) is 3. The van der Waals surface area contributed by atoms with Gasteiger partial charge in [-0.3, -0.25) is 0 Å². The average Bonchev–Trinajstić information content (AvgIpc) is 2.24. The highest BCUT2D eigenvalue weighted by Crippen LogP contribution is 2.26. The molecule has 0 fully saturated rings. The minimum atomic E-state index is -0.0954. The van der Waals surface area contributed by atoms with Gasteiger partial charge in [0.1, 0.15) is 17.9 Å². The summed E-state index contributed by atoms with van der Waals surface area (Å²) in [6, 6.07) is 9.32. The van der Waals surface area contributed by atoms with Crippen molar-refractivity contribution < 1.29 is 4.74 Å². The van der Waals surface area contributed by atoms with Crippen molar-refractivity contribution in [3.05, 3.63) is 29.8 Å². The fraction of sp³-hybridized carbons (Fsp3) is 0.462. The van der Waals surface area contributed by atoms with Crippen LogP contribution in [0.1, 0.15) is 26.3 Å². The maximum atomic E-state index is 8.95. The predicted octanol–water partition coefficient (Wildman–Crippen LogP) is 2.31. The van der Waals surface area contributed by atoms with Crippen LogP contribution in [-0.4, -0.2) is 12.6 Å². The van der Waals surface area contributed by atoms with Gasteiger partial charge in [0, 0.05) is 12.0 Å². The van der Waals surface area contributed by atoms with Gasteiger partial charge in [0.15, 0.2) is 0 Å². The number of rotatable bonds is 3. The smallest absolute Gasteiger partial charge is 0.137 e. The van der Waals surface area contributed by atoms with Gasteiger partial charge in [-0.15, -0.1) is 0 Å². The van der Waals surface area contributed by atoms with E-state index in [-0.39, 0.29) is 11.5 Å². The molecular formula is C13H18N2O. The number of nitrogens with zero attached hydrogens (tertiary/aromatic N) is 1. The lowest BCUT2D eigenvalue weighted by molar-refractivity contribution is 0.0939. The van der Waals surface area contributed by atoms with E-state index in [4.69, 9.17) is 15.7 Å². The van der Waals surface area contributed by atoms with E-state index < -0.39 is 0 Å². The van der Waals surface area contributed by atoms with E-state index in [1.54, 1.807) is 12.1 Å². The number of ether oxygens (including phenoxy) is 1. The second-order valence-corrected chi connectivity index (χ2v) is 4.82. The minimum absolute atomic E-state index is 0.0443.